The first kappa shape index (κ1) is 9.17. The summed E-state index contributed by atoms with van der Waals surface area (Å²) < 4.78 is 0. The summed E-state index contributed by atoms with van der Waals surface area (Å²) in [5, 5.41) is 8.22. The van der Waals surface area contributed by atoms with Crippen molar-refractivity contribution in [3.05, 3.63) is 12.2 Å². The Kier molecular flexibility index (Phi) is 5.77. The summed E-state index contributed by atoms with van der Waals surface area (Å²) in [4.78, 5) is 9.98. The summed E-state index contributed by atoms with van der Waals surface area (Å²) in [6, 6.07) is 0. The second-order valence-corrected chi connectivity index (χ2v) is 1.99. The van der Waals surface area contributed by atoms with Crippen molar-refractivity contribution in [2.75, 3.05) is 6.54 Å². The smallest absolute Gasteiger partial charge is 0.303 e. The number of hydrogen-bond acceptors (Lipinski definition) is 2. The topological polar surface area (TPSA) is 63.3 Å². The van der Waals surface area contributed by atoms with Crippen LogP contribution in [0.1, 0.15) is 19.3 Å². The molecule has 0 aromatic carbocycles. The van der Waals surface area contributed by atoms with Gasteiger partial charge in [-0.05, 0) is 12.8 Å². The zero-order valence-electron chi connectivity index (χ0n) is 5.92. The van der Waals surface area contributed by atoms with Crippen molar-refractivity contribution in [2.24, 2.45) is 5.73 Å². The number of nitrogens with two attached hydrogens (primary N) is 1. The number of allylic oxidation sites excluding steroid dienone is 1. The number of carboxylic acid groups (broad SMARTS) is 1. The molecular weight excluding hydrogens is 130 g/mol. The minimum Gasteiger partial charge on any atom is -0.481 e. The Morgan fingerprint density at radius 2 is 2.20 bits per heavy atom. The van der Waals surface area contributed by atoms with Crippen molar-refractivity contribution in [1.82, 2.24) is 0 Å². The lowest BCUT2D eigenvalue weighted by Crippen LogP contribution is -1.94. The summed E-state index contributed by atoms with van der Waals surface area (Å²) in [7, 11) is 0. The van der Waals surface area contributed by atoms with Crippen LogP contribution in [0.2, 0.25) is 0 Å². The van der Waals surface area contributed by atoms with Crippen LogP contribution in [-0.4, -0.2) is 17.6 Å². The van der Waals surface area contributed by atoms with Crippen LogP contribution in [0.15, 0.2) is 12.2 Å². The van der Waals surface area contributed by atoms with Gasteiger partial charge in [-0.3, -0.25) is 4.79 Å². The van der Waals surface area contributed by atoms with E-state index in [1.165, 1.54) is 0 Å². The molecule has 0 unspecified atom stereocenters. The van der Waals surface area contributed by atoms with E-state index >= 15 is 0 Å². The van der Waals surface area contributed by atoms with E-state index in [-0.39, 0.29) is 6.42 Å². The molecule has 0 saturated carbocycles. The minimum atomic E-state index is -0.735. The molecule has 0 fully saturated rings. The summed E-state index contributed by atoms with van der Waals surface area (Å²) in [5.74, 6) is -0.735. The number of unbranched alkanes of at least 4 members (excludes halogenated alkanes) is 1. The molecule has 0 spiro atoms. The second-order valence-electron chi connectivity index (χ2n) is 1.99. The van der Waals surface area contributed by atoms with Crippen molar-refractivity contribution in [3.8, 4) is 0 Å². The zero-order chi connectivity index (χ0) is 7.82. The molecule has 0 atom stereocenters. The molecule has 58 valence electrons. The minimum absolute atomic E-state index is 0.245. The molecule has 0 aromatic heterocycles. The van der Waals surface area contributed by atoms with Gasteiger partial charge in [-0.1, -0.05) is 12.2 Å². The van der Waals surface area contributed by atoms with Gasteiger partial charge >= 0.3 is 5.97 Å². The van der Waals surface area contributed by atoms with E-state index in [9.17, 15) is 4.79 Å². The fourth-order valence-corrected chi connectivity index (χ4v) is 0.585. The van der Waals surface area contributed by atoms with E-state index < -0.39 is 5.97 Å². The number of aliphatic carboxylic acids is 1. The third-order valence-corrected chi connectivity index (χ3v) is 1.06. The molecule has 0 radical (unpaired) electrons. The van der Waals surface area contributed by atoms with Gasteiger partial charge in [-0.15, -0.1) is 0 Å². The summed E-state index contributed by atoms with van der Waals surface area (Å²) in [5.41, 5.74) is 5.17. The quantitative estimate of drug-likeness (QED) is 0.441. The Balaban J connectivity index is 3.05. The number of rotatable bonds is 5. The van der Waals surface area contributed by atoms with E-state index in [0.717, 1.165) is 6.42 Å². The first-order valence-electron chi connectivity index (χ1n) is 3.34. The SMILES string of the molecule is NCC=CCCCC(=O)O. The average Bonchev–Trinajstić information content (AvgIpc) is 1.87. The lowest BCUT2D eigenvalue weighted by atomic mass is 10.2. The van der Waals surface area contributed by atoms with Gasteiger partial charge in [0.05, 0.1) is 0 Å². The van der Waals surface area contributed by atoms with E-state index in [0.29, 0.717) is 13.0 Å². The highest BCUT2D eigenvalue weighted by Crippen LogP contribution is 1.95. The number of hydrogen-bond donors (Lipinski definition) is 2. The maximum atomic E-state index is 9.98. The van der Waals surface area contributed by atoms with Crippen molar-refractivity contribution in [3.63, 3.8) is 0 Å². The van der Waals surface area contributed by atoms with Crippen LogP contribution in [0.4, 0.5) is 0 Å². The van der Waals surface area contributed by atoms with Crippen molar-refractivity contribution < 1.29 is 9.90 Å². The summed E-state index contributed by atoms with van der Waals surface area (Å²) in [6.45, 7) is 0.535. The van der Waals surface area contributed by atoms with Gasteiger partial charge in [0.2, 0.25) is 0 Å². The maximum absolute atomic E-state index is 9.98. The highest BCUT2D eigenvalue weighted by Gasteiger charge is 1.92. The lowest BCUT2D eigenvalue weighted by molar-refractivity contribution is -0.137. The predicted octanol–water partition coefficient (Wildman–Crippen LogP) is 0.756. The monoisotopic (exact) mass is 143 g/mol. The van der Waals surface area contributed by atoms with Crippen molar-refractivity contribution in [2.45, 2.75) is 19.3 Å². The van der Waals surface area contributed by atoms with Crippen LogP contribution < -0.4 is 5.73 Å². The fourth-order valence-electron chi connectivity index (χ4n) is 0.585. The summed E-state index contributed by atoms with van der Waals surface area (Å²) in [6.07, 6.45) is 5.50. The van der Waals surface area contributed by atoms with Crippen LogP contribution >= 0.6 is 0 Å². The maximum Gasteiger partial charge on any atom is 0.303 e. The van der Waals surface area contributed by atoms with Crippen LogP contribution in [0.3, 0.4) is 0 Å². The van der Waals surface area contributed by atoms with Gasteiger partial charge in [0.1, 0.15) is 0 Å². The van der Waals surface area contributed by atoms with Gasteiger partial charge in [0.25, 0.3) is 0 Å². The molecule has 0 aliphatic rings. The third-order valence-electron chi connectivity index (χ3n) is 1.06. The standard InChI is InChI=1S/C7H13NO2/c8-6-4-2-1-3-5-7(9)10/h2,4H,1,3,5-6,8H2,(H,9,10). The van der Waals surface area contributed by atoms with Crippen LogP contribution in [0.25, 0.3) is 0 Å². The molecule has 0 aliphatic carbocycles. The molecule has 0 rings (SSSR count). The first-order valence-corrected chi connectivity index (χ1v) is 3.34. The zero-order valence-corrected chi connectivity index (χ0v) is 5.92. The Hall–Kier alpha value is -0.830. The van der Waals surface area contributed by atoms with Crippen LogP contribution in [-0.2, 0) is 4.79 Å². The molecule has 0 amide bonds. The fraction of sp³-hybridized carbons (Fsp3) is 0.571. The molecule has 0 aliphatic heterocycles. The Labute approximate surface area is 60.5 Å². The normalized spacial score (nSPS) is 10.5. The highest BCUT2D eigenvalue weighted by atomic mass is 16.4. The Bertz CT molecular complexity index is 121. The largest absolute Gasteiger partial charge is 0.481 e. The molecule has 10 heavy (non-hydrogen) atoms. The van der Waals surface area contributed by atoms with Crippen molar-refractivity contribution >= 4 is 5.97 Å². The summed E-state index contributed by atoms with van der Waals surface area (Å²) >= 11 is 0. The van der Waals surface area contributed by atoms with Gasteiger partial charge in [0, 0.05) is 13.0 Å². The first-order chi connectivity index (χ1) is 4.77. The molecule has 3 heteroatoms. The lowest BCUT2D eigenvalue weighted by Gasteiger charge is -1.89. The predicted molar refractivity (Wildman–Crippen MR) is 39.7 cm³/mol. The van der Waals surface area contributed by atoms with E-state index in [4.69, 9.17) is 10.8 Å². The molecule has 0 saturated heterocycles. The average molecular weight is 143 g/mol. The van der Waals surface area contributed by atoms with E-state index in [2.05, 4.69) is 0 Å². The van der Waals surface area contributed by atoms with Crippen molar-refractivity contribution in [1.29, 1.82) is 0 Å². The van der Waals surface area contributed by atoms with Crippen LogP contribution in [0, 0.1) is 0 Å². The van der Waals surface area contributed by atoms with E-state index in [1.807, 2.05) is 12.2 Å². The molecule has 0 heterocycles. The molecular formula is C7H13NO2. The van der Waals surface area contributed by atoms with Gasteiger partial charge in [-0.2, -0.15) is 0 Å². The molecule has 0 aromatic rings. The number of carbonyl (C=O) groups is 1. The van der Waals surface area contributed by atoms with Gasteiger partial charge < -0.3 is 10.8 Å². The second kappa shape index (κ2) is 6.29. The van der Waals surface area contributed by atoms with Crippen LogP contribution in [0.5, 0.6) is 0 Å². The third kappa shape index (κ3) is 7.17. The molecule has 0 bridgehead atoms. The molecule has 3 N–H and O–H groups in total. The van der Waals surface area contributed by atoms with E-state index in [1.54, 1.807) is 0 Å². The highest BCUT2D eigenvalue weighted by molar-refractivity contribution is 5.66. The van der Waals surface area contributed by atoms with Gasteiger partial charge in [-0.25, -0.2) is 0 Å². The number of carboxylic acids is 1. The Morgan fingerprint density at radius 1 is 1.50 bits per heavy atom. The van der Waals surface area contributed by atoms with Gasteiger partial charge in [0.15, 0.2) is 0 Å². The molecule has 3 nitrogen and oxygen atoms in total. The Morgan fingerprint density at radius 3 is 2.70 bits per heavy atom.